The zero-order valence-electron chi connectivity index (χ0n) is 18.1. The molecule has 3 aromatic rings. The number of nitrogens with one attached hydrogen (secondary N) is 3. The second-order valence-corrected chi connectivity index (χ2v) is 7.42. The van der Waals surface area contributed by atoms with Crippen LogP contribution in [0.2, 0.25) is 0 Å². The van der Waals surface area contributed by atoms with Crippen molar-refractivity contribution in [3.8, 4) is 22.6 Å². The molecule has 0 atom stereocenters. The molecule has 9 nitrogen and oxygen atoms in total. The lowest BCUT2D eigenvalue weighted by atomic mass is 10.0. The first-order chi connectivity index (χ1) is 15.5. The molecule has 166 valence electrons. The molecule has 9 heteroatoms. The van der Waals surface area contributed by atoms with Crippen LogP contribution in [0.25, 0.3) is 16.8 Å². The number of nitrogens with two attached hydrogens (primary N) is 1. The van der Waals surface area contributed by atoms with Gasteiger partial charge < -0.3 is 26.4 Å². The van der Waals surface area contributed by atoms with Crippen molar-refractivity contribution in [1.82, 2.24) is 20.4 Å². The fourth-order valence-corrected chi connectivity index (χ4v) is 3.90. The molecule has 5 N–H and O–H groups in total. The van der Waals surface area contributed by atoms with E-state index in [0.717, 1.165) is 29.1 Å². The Bertz CT molecular complexity index is 1150. The van der Waals surface area contributed by atoms with Gasteiger partial charge in [-0.1, -0.05) is 24.3 Å². The van der Waals surface area contributed by atoms with Gasteiger partial charge in [0.25, 0.3) is 11.8 Å². The van der Waals surface area contributed by atoms with Crippen molar-refractivity contribution < 1.29 is 14.3 Å². The standard InChI is InChI=1S/C23H26N6O3/c1-25-12-13-26-18-5-3-4-16(14-6-8-15(32-2)9-7-14)20(18)29-21-17(10-11-27-23(21)31)19(28-29)22(24)30/h3-9,25-26H,10-13H2,1-2H3,(H2,24,30)(H,27,31). The maximum atomic E-state index is 12.8. The van der Waals surface area contributed by atoms with Crippen LogP contribution >= 0.6 is 0 Å². The Hall–Kier alpha value is -3.85. The first-order valence-electron chi connectivity index (χ1n) is 10.4. The zero-order valence-corrected chi connectivity index (χ0v) is 18.1. The average Bonchev–Trinajstić information content (AvgIpc) is 3.20. The van der Waals surface area contributed by atoms with E-state index in [9.17, 15) is 9.59 Å². The predicted molar refractivity (Wildman–Crippen MR) is 123 cm³/mol. The molecule has 2 heterocycles. The van der Waals surface area contributed by atoms with E-state index in [1.54, 1.807) is 11.8 Å². The van der Waals surface area contributed by atoms with E-state index in [1.807, 2.05) is 49.5 Å². The highest BCUT2D eigenvalue weighted by atomic mass is 16.5. The summed E-state index contributed by atoms with van der Waals surface area (Å²) in [4.78, 5) is 25.0. The molecule has 0 unspecified atom stereocenters. The first kappa shape index (κ1) is 21.4. The van der Waals surface area contributed by atoms with Crippen LogP contribution in [0, 0.1) is 0 Å². The minimum Gasteiger partial charge on any atom is -0.497 e. The zero-order chi connectivity index (χ0) is 22.7. The lowest BCUT2D eigenvalue weighted by molar-refractivity contribution is 0.0938. The Kier molecular flexibility index (Phi) is 6.09. The molecule has 0 saturated heterocycles. The van der Waals surface area contributed by atoms with Crippen LogP contribution in [0.5, 0.6) is 5.75 Å². The van der Waals surface area contributed by atoms with E-state index in [-0.39, 0.29) is 11.6 Å². The number of amides is 2. The molecular formula is C23H26N6O3. The fraction of sp³-hybridized carbons (Fsp3) is 0.261. The van der Waals surface area contributed by atoms with Gasteiger partial charge in [0.1, 0.15) is 11.4 Å². The van der Waals surface area contributed by atoms with E-state index < -0.39 is 5.91 Å². The Balaban J connectivity index is 1.96. The molecule has 2 aromatic carbocycles. The summed E-state index contributed by atoms with van der Waals surface area (Å²) in [6, 6.07) is 13.5. The van der Waals surface area contributed by atoms with Crippen LogP contribution in [-0.4, -0.2) is 55.4 Å². The van der Waals surface area contributed by atoms with Crippen molar-refractivity contribution in [3.63, 3.8) is 0 Å². The van der Waals surface area contributed by atoms with Gasteiger partial charge in [-0.2, -0.15) is 5.10 Å². The van der Waals surface area contributed by atoms with Crippen LogP contribution < -0.4 is 26.4 Å². The van der Waals surface area contributed by atoms with Gasteiger partial charge in [-0.3, -0.25) is 9.59 Å². The molecule has 0 aliphatic carbocycles. The second kappa shape index (κ2) is 9.11. The van der Waals surface area contributed by atoms with Gasteiger partial charge >= 0.3 is 0 Å². The smallest absolute Gasteiger partial charge is 0.270 e. The van der Waals surface area contributed by atoms with Crippen molar-refractivity contribution in [2.24, 2.45) is 5.73 Å². The topological polar surface area (TPSA) is 123 Å². The van der Waals surface area contributed by atoms with Gasteiger partial charge in [-0.05, 0) is 37.2 Å². The summed E-state index contributed by atoms with van der Waals surface area (Å²) in [5.74, 6) is -0.191. The number of hydrogen-bond acceptors (Lipinski definition) is 6. The number of primary amides is 1. The average molecular weight is 435 g/mol. The maximum Gasteiger partial charge on any atom is 0.270 e. The number of aromatic nitrogens is 2. The van der Waals surface area contributed by atoms with Crippen molar-refractivity contribution in [2.45, 2.75) is 6.42 Å². The monoisotopic (exact) mass is 434 g/mol. The van der Waals surface area contributed by atoms with Crippen LogP contribution in [0.3, 0.4) is 0 Å². The number of methoxy groups -OCH3 is 1. The van der Waals surface area contributed by atoms with Crippen LogP contribution in [0.15, 0.2) is 42.5 Å². The largest absolute Gasteiger partial charge is 0.497 e. The molecule has 2 amide bonds. The third kappa shape index (κ3) is 3.90. The number of nitrogens with zero attached hydrogens (tertiary/aromatic N) is 2. The molecular weight excluding hydrogens is 408 g/mol. The lowest BCUT2D eigenvalue weighted by Crippen LogP contribution is -2.34. The number of likely N-dealkylation sites (N-methyl/N-ethyl adjacent to an activating group) is 1. The summed E-state index contributed by atoms with van der Waals surface area (Å²) in [5.41, 5.74) is 9.87. The molecule has 0 radical (unpaired) electrons. The predicted octanol–water partition coefficient (Wildman–Crippen LogP) is 1.56. The number of anilines is 1. The van der Waals surface area contributed by atoms with E-state index in [0.29, 0.717) is 36.5 Å². The highest BCUT2D eigenvalue weighted by Gasteiger charge is 2.31. The summed E-state index contributed by atoms with van der Waals surface area (Å²) in [6.45, 7) is 1.84. The van der Waals surface area contributed by atoms with Gasteiger partial charge in [0.15, 0.2) is 5.69 Å². The molecule has 4 rings (SSSR count). The molecule has 0 bridgehead atoms. The van der Waals surface area contributed by atoms with Gasteiger partial charge in [0, 0.05) is 30.8 Å². The minimum atomic E-state index is -0.652. The first-order valence-corrected chi connectivity index (χ1v) is 10.4. The van der Waals surface area contributed by atoms with E-state index in [2.05, 4.69) is 21.0 Å². The molecule has 0 spiro atoms. The number of fused-ring (bicyclic) bond motifs is 1. The Morgan fingerprint density at radius 2 is 2.00 bits per heavy atom. The maximum absolute atomic E-state index is 12.8. The van der Waals surface area contributed by atoms with E-state index in [4.69, 9.17) is 10.5 Å². The number of ether oxygens (including phenoxy) is 1. The Morgan fingerprint density at radius 1 is 1.22 bits per heavy atom. The lowest BCUT2D eigenvalue weighted by Gasteiger charge is -2.20. The second-order valence-electron chi connectivity index (χ2n) is 7.42. The van der Waals surface area contributed by atoms with E-state index in [1.165, 1.54) is 0 Å². The number of para-hydroxylation sites is 1. The van der Waals surface area contributed by atoms with Crippen molar-refractivity contribution in [1.29, 1.82) is 0 Å². The molecule has 1 aliphatic rings. The van der Waals surface area contributed by atoms with Gasteiger partial charge in [0.05, 0.1) is 18.5 Å². The van der Waals surface area contributed by atoms with Gasteiger partial charge in [-0.15, -0.1) is 0 Å². The molecule has 0 fully saturated rings. The van der Waals surface area contributed by atoms with Crippen LogP contribution in [0.4, 0.5) is 5.69 Å². The third-order valence-corrected chi connectivity index (χ3v) is 5.43. The van der Waals surface area contributed by atoms with Gasteiger partial charge in [0.2, 0.25) is 0 Å². The summed E-state index contributed by atoms with van der Waals surface area (Å²) in [5, 5.41) is 13.9. The van der Waals surface area contributed by atoms with Gasteiger partial charge in [-0.25, -0.2) is 4.68 Å². The minimum absolute atomic E-state index is 0.126. The molecule has 32 heavy (non-hydrogen) atoms. The summed E-state index contributed by atoms with van der Waals surface area (Å²) in [7, 11) is 3.50. The molecule has 1 aliphatic heterocycles. The van der Waals surface area contributed by atoms with E-state index >= 15 is 0 Å². The van der Waals surface area contributed by atoms with Crippen molar-refractivity contribution in [2.75, 3.05) is 39.1 Å². The molecule has 0 saturated carbocycles. The number of carbonyl (C=O) groups excluding carboxylic acids is 2. The summed E-state index contributed by atoms with van der Waals surface area (Å²) >= 11 is 0. The fourth-order valence-electron chi connectivity index (χ4n) is 3.90. The number of rotatable bonds is 8. The number of benzene rings is 2. The summed E-state index contributed by atoms with van der Waals surface area (Å²) in [6.07, 6.45) is 0.493. The summed E-state index contributed by atoms with van der Waals surface area (Å²) < 4.78 is 6.83. The normalized spacial score (nSPS) is 12.8. The SMILES string of the molecule is CNCCNc1cccc(-c2ccc(OC)cc2)c1-n1nc(C(N)=O)c2c1C(=O)NCC2. The Morgan fingerprint density at radius 3 is 2.69 bits per heavy atom. The number of carbonyl (C=O) groups is 2. The van der Waals surface area contributed by atoms with Crippen molar-refractivity contribution in [3.05, 3.63) is 59.4 Å². The van der Waals surface area contributed by atoms with Crippen LogP contribution in [-0.2, 0) is 6.42 Å². The highest BCUT2D eigenvalue weighted by Crippen LogP contribution is 2.35. The highest BCUT2D eigenvalue weighted by molar-refractivity contribution is 6.02. The van der Waals surface area contributed by atoms with Crippen LogP contribution in [0.1, 0.15) is 26.5 Å². The van der Waals surface area contributed by atoms with Crippen molar-refractivity contribution >= 4 is 17.5 Å². The number of hydrogen-bond donors (Lipinski definition) is 4. The Labute approximate surface area is 185 Å². The molecule has 1 aromatic heterocycles. The quantitative estimate of drug-likeness (QED) is 0.399. The third-order valence-electron chi connectivity index (χ3n) is 5.43.